The first-order valence-corrected chi connectivity index (χ1v) is 7.28. The molecular formula is C16H23NO2. The van der Waals surface area contributed by atoms with Crippen molar-refractivity contribution >= 4 is 0 Å². The predicted molar refractivity (Wildman–Crippen MR) is 75.7 cm³/mol. The second-order valence-corrected chi connectivity index (χ2v) is 5.78. The van der Waals surface area contributed by atoms with E-state index in [9.17, 15) is 0 Å². The first kappa shape index (κ1) is 12.9. The lowest BCUT2D eigenvalue weighted by Crippen LogP contribution is -2.47. The lowest BCUT2D eigenvalue weighted by molar-refractivity contribution is 0.106. The molecule has 19 heavy (non-hydrogen) atoms. The van der Waals surface area contributed by atoms with E-state index < -0.39 is 0 Å². The van der Waals surface area contributed by atoms with Crippen molar-refractivity contribution in [2.75, 3.05) is 13.7 Å². The average molecular weight is 261 g/mol. The Morgan fingerprint density at radius 1 is 1.32 bits per heavy atom. The summed E-state index contributed by atoms with van der Waals surface area (Å²) in [6.07, 6.45) is 3.99. The molecule has 1 aliphatic carbocycles. The Kier molecular flexibility index (Phi) is 3.76. The van der Waals surface area contributed by atoms with Gasteiger partial charge in [-0.25, -0.2) is 0 Å². The number of rotatable bonds is 4. The van der Waals surface area contributed by atoms with Crippen molar-refractivity contribution in [1.82, 2.24) is 5.32 Å². The van der Waals surface area contributed by atoms with Crippen LogP contribution in [0.15, 0.2) is 24.3 Å². The average Bonchev–Trinajstić information content (AvgIpc) is 2.79. The third-order valence-electron chi connectivity index (χ3n) is 4.53. The molecule has 2 aliphatic rings. The van der Waals surface area contributed by atoms with Crippen molar-refractivity contribution in [1.29, 1.82) is 0 Å². The molecule has 0 bridgehead atoms. The number of hydrogen-bond acceptors (Lipinski definition) is 3. The van der Waals surface area contributed by atoms with Crippen molar-refractivity contribution in [3.05, 3.63) is 29.8 Å². The van der Waals surface area contributed by atoms with Gasteiger partial charge in [0.25, 0.3) is 0 Å². The first-order valence-electron chi connectivity index (χ1n) is 7.28. The Hall–Kier alpha value is -1.06. The van der Waals surface area contributed by atoms with Gasteiger partial charge in [0.15, 0.2) is 0 Å². The summed E-state index contributed by atoms with van der Waals surface area (Å²) in [7, 11) is 1.73. The van der Waals surface area contributed by atoms with E-state index in [1.807, 2.05) is 6.07 Å². The highest BCUT2D eigenvalue weighted by molar-refractivity contribution is 5.32. The molecule has 2 fully saturated rings. The summed E-state index contributed by atoms with van der Waals surface area (Å²) in [6, 6.07) is 9.69. The van der Waals surface area contributed by atoms with Crippen LogP contribution >= 0.6 is 0 Å². The largest absolute Gasteiger partial charge is 0.497 e. The zero-order valence-electron chi connectivity index (χ0n) is 11.8. The molecule has 3 rings (SSSR count). The molecule has 2 atom stereocenters. The fourth-order valence-electron chi connectivity index (χ4n) is 3.17. The molecule has 1 aliphatic heterocycles. The SMILES string of the molecule is COc1cccc(C2CC(NC3CCOC3C)C2)c1. The Morgan fingerprint density at radius 3 is 2.84 bits per heavy atom. The molecule has 1 heterocycles. The highest BCUT2D eigenvalue weighted by Gasteiger charge is 2.34. The fraction of sp³-hybridized carbons (Fsp3) is 0.625. The summed E-state index contributed by atoms with van der Waals surface area (Å²) < 4.78 is 10.9. The quantitative estimate of drug-likeness (QED) is 0.904. The number of ether oxygens (including phenoxy) is 2. The second kappa shape index (κ2) is 5.51. The molecule has 3 nitrogen and oxygen atoms in total. The van der Waals surface area contributed by atoms with Gasteiger partial charge in [0, 0.05) is 18.7 Å². The Balaban J connectivity index is 1.51. The molecule has 0 spiro atoms. The van der Waals surface area contributed by atoms with Crippen molar-refractivity contribution in [2.24, 2.45) is 0 Å². The monoisotopic (exact) mass is 261 g/mol. The Morgan fingerprint density at radius 2 is 2.16 bits per heavy atom. The molecule has 1 saturated heterocycles. The molecule has 0 amide bonds. The van der Waals surface area contributed by atoms with E-state index in [0.717, 1.165) is 18.8 Å². The standard InChI is InChI=1S/C16H23NO2/c1-11-16(6-7-19-11)17-14-8-13(9-14)12-4-3-5-15(10-12)18-2/h3-5,10-11,13-14,16-17H,6-9H2,1-2H3. The van der Waals surface area contributed by atoms with Crippen molar-refractivity contribution < 1.29 is 9.47 Å². The molecule has 1 saturated carbocycles. The number of hydrogen-bond donors (Lipinski definition) is 1. The van der Waals surface area contributed by atoms with Gasteiger partial charge in [-0.15, -0.1) is 0 Å². The molecule has 1 N–H and O–H groups in total. The van der Waals surface area contributed by atoms with Crippen molar-refractivity contribution in [3.8, 4) is 5.75 Å². The van der Waals surface area contributed by atoms with E-state index in [-0.39, 0.29) is 0 Å². The predicted octanol–water partition coefficient (Wildman–Crippen LogP) is 2.71. The Labute approximate surface area is 115 Å². The van der Waals surface area contributed by atoms with Crippen LogP contribution in [0.4, 0.5) is 0 Å². The van der Waals surface area contributed by atoms with Gasteiger partial charge in [-0.1, -0.05) is 12.1 Å². The fourth-order valence-corrected chi connectivity index (χ4v) is 3.17. The van der Waals surface area contributed by atoms with Crippen LogP contribution in [-0.2, 0) is 4.74 Å². The molecule has 1 aromatic rings. The molecule has 2 unspecified atom stereocenters. The summed E-state index contributed by atoms with van der Waals surface area (Å²) in [6.45, 7) is 3.08. The molecule has 0 aromatic heterocycles. The van der Waals surface area contributed by atoms with Crippen LogP contribution in [0.2, 0.25) is 0 Å². The van der Waals surface area contributed by atoms with Crippen molar-refractivity contribution in [2.45, 2.75) is 50.3 Å². The zero-order valence-corrected chi connectivity index (χ0v) is 11.8. The molecular weight excluding hydrogens is 238 g/mol. The normalized spacial score (nSPS) is 34.0. The van der Waals surface area contributed by atoms with E-state index in [2.05, 4.69) is 30.4 Å². The van der Waals surface area contributed by atoms with E-state index in [1.165, 1.54) is 18.4 Å². The minimum atomic E-state index is 0.371. The van der Waals surface area contributed by atoms with Crippen LogP contribution in [0.5, 0.6) is 5.75 Å². The lowest BCUT2D eigenvalue weighted by atomic mass is 9.75. The summed E-state index contributed by atoms with van der Waals surface area (Å²) in [4.78, 5) is 0. The van der Waals surface area contributed by atoms with E-state index in [4.69, 9.17) is 9.47 Å². The summed E-state index contributed by atoms with van der Waals surface area (Å²) >= 11 is 0. The van der Waals surface area contributed by atoms with Gasteiger partial charge in [0.2, 0.25) is 0 Å². The van der Waals surface area contributed by atoms with Crippen LogP contribution in [0.25, 0.3) is 0 Å². The summed E-state index contributed by atoms with van der Waals surface area (Å²) in [5, 5.41) is 3.74. The smallest absolute Gasteiger partial charge is 0.119 e. The van der Waals surface area contributed by atoms with Gasteiger partial charge in [0.05, 0.1) is 13.2 Å². The van der Waals surface area contributed by atoms with Gasteiger partial charge in [-0.05, 0) is 49.8 Å². The van der Waals surface area contributed by atoms with Gasteiger partial charge >= 0.3 is 0 Å². The third-order valence-corrected chi connectivity index (χ3v) is 4.53. The van der Waals surface area contributed by atoms with Gasteiger partial charge in [-0.2, -0.15) is 0 Å². The minimum absolute atomic E-state index is 0.371. The zero-order chi connectivity index (χ0) is 13.2. The molecule has 104 valence electrons. The highest BCUT2D eigenvalue weighted by Crippen LogP contribution is 2.38. The van der Waals surface area contributed by atoms with Crippen LogP contribution in [0.3, 0.4) is 0 Å². The van der Waals surface area contributed by atoms with E-state index >= 15 is 0 Å². The van der Waals surface area contributed by atoms with Crippen LogP contribution < -0.4 is 10.1 Å². The van der Waals surface area contributed by atoms with Crippen LogP contribution in [-0.4, -0.2) is 31.9 Å². The third kappa shape index (κ3) is 2.77. The number of methoxy groups -OCH3 is 1. The lowest BCUT2D eigenvalue weighted by Gasteiger charge is -2.38. The van der Waals surface area contributed by atoms with Gasteiger partial charge in [0.1, 0.15) is 5.75 Å². The van der Waals surface area contributed by atoms with Gasteiger partial charge in [-0.3, -0.25) is 0 Å². The summed E-state index contributed by atoms with van der Waals surface area (Å²) in [5.74, 6) is 1.65. The molecule has 3 heteroatoms. The second-order valence-electron chi connectivity index (χ2n) is 5.78. The topological polar surface area (TPSA) is 30.5 Å². The first-order chi connectivity index (χ1) is 9.26. The van der Waals surface area contributed by atoms with E-state index in [1.54, 1.807) is 7.11 Å². The molecule has 1 aromatic carbocycles. The highest BCUT2D eigenvalue weighted by atomic mass is 16.5. The van der Waals surface area contributed by atoms with Gasteiger partial charge < -0.3 is 14.8 Å². The van der Waals surface area contributed by atoms with Crippen molar-refractivity contribution in [3.63, 3.8) is 0 Å². The Bertz CT molecular complexity index is 429. The van der Waals surface area contributed by atoms with Crippen LogP contribution in [0, 0.1) is 0 Å². The maximum atomic E-state index is 5.60. The minimum Gasteiger partial charge on any atom is -0.497 e. The summed E-state index contributed by atoms with van der Waals surface area (Å²) in [5.41, 5.74) is 1.41. The maximum absolute atomic E-state index is 5.60. The van der Waals surface area contributed by atoms with Crippen LogP contribution in [0.1, 0.15) is 37.7 Å². The molecule has 0 radical (unpaired) electrons. The number of nitrogens with one attached hydrogen (secondary N) is 1. The maximum Gasteiger partial charge on any atom is 0.119 e. The van der Waals surface area contributed by atoms with E-state index in [0.29, 0.717) is 24.1 Å². The number of benzene rings is 1.